The van der Waals surface area contributed by atoms with Crippen LogP contribution in [-0.2, 0) is 28.5 Å². The second-order valence-corrected chi connectivity index (χ2v) is 17.3. The van der Waals surface area contributed by atoms with Crippen LogP contribution in [-0.4, -0.2) is 50.1 Å². The topological polar surface area (TPSA) is 269 Å². The number of nitrogens with two attached hydrogens (primary N) is 1. The summed E-state index contributed by atoms with van der Waals surface area (Å²) in [6, 6.07) is 21.8. The van der Waals surface area contributed by atoms with Gasteiger partial charge in [-0.1, -0.05) is 12.1 Å². The normalized spacial score (nSPS) is 11.3. The minimum atomic E-state index is -3.95. The molecular weight excluding hydrogens is 784 g/mol. The fraction of sp³-hybridized carbons (Fsp3) is 0.235. The maximum absolute atomic E-state index is 12.4. The maximum atomic E-state index is 12.4. The van der Waals surface area contributed by atoms with Crippen LogP contribution in [0.2, 0.25) is 0 Å². The fourth-order valence-corrected chi connectivity index (χ4v) is 5.63. The molecule has 4 aromatic carbocycles. The van der Waals surface area contributed by atoms with E-state index in [1.165, 1.54) is 12.1 Å². The number of nitro groups is 2. The number of rotatable bonds is 8. The van der Waals surface area contributed by atoms with Crippen molar-refractivity contribution in [3.63, 3.8) is 0 Å². The molecule has 0 saturated carbocycles. The molecule has 0 aliphatic heterocycles. The lowest BCUT2D eigenvalue weighted by Crippen LogP contribution is -2.27. The lowest BCUT2D eigenvalue weighted by atomic mass is 10.2. The number of carbonyl (C=O) groups excluding carboxylic acids is 2. The smallest absolute Gasteiger partial charge is 0.412 e. The molecule has 2 amide bonds. The number of amides is 2. The SMILES string of the molecule is CC(C)(C)OC(=O)Nc1cccc(N)c1.CC(C)(C)OC(=O)Nc1cccc(NS(=O)(=O)c2ccc([N+](=O)[O-])cc2)c1.O=[N+]([O-])c1ccc(S(=O)(=O)Cl)cc1. The summed E-state index contributed by atoms with van der Waals surface area (Å²) in [7, 11) is -2.75. The highest BCUT2D eigenvalue weighted by Crippen LogP contribution is 2.23. The first-order chi connectivity index (χ1) is 25.2. The molecule has 0 atom stereocenters. The Morgan fingerprint density at radius 2 is 1.02 bits per heavy atom. The van der Waals surface area contributed by atoms with E-state index < -0.39 is 52.3 Å². The summed E-state index contributed by atoms with van der Waals surface area (Å²) in [5.74, 6) is 0. The second kappa shape index (κ2) is 18.9. The van der Waals surface area contributed by atoms with Gasteiger partial charge in [-0.25, -0.2) is 26.4 Å². The molecule has 296 valence electrons. The van der Waals surface area contributed by atoms with Crippen molar-refractivity contribution < 1.29 is 45.7 Å². The third kappa shape index (κ3) is 17.1. The highest BCUT2D eigenvalue weighted by Gasteiger charge is 2.19. The van der Waals surface area contributed by atoms with Gasteiger partial charge in [-0.15, -0.1) is 0 Å². The number of nitro benzene ring substituents is 2. The molecule has 0 unspecified atom stereocenters. The first-order valence-corrected chi connectivity index (χ1v) is 19.5. The molecule has 0 heterocycles. The van der Waals surface area contributed by atoms with Gasteiger partial charge in [-0.05, 0) is 102 Å². The van der Waals surface area contributed by atoms with Crippen LogP contribution in [0, 0.1) is 20.2 Å². The molecule has 21 heteroatoms. The van der Waals surface area contributed by atoms with Crippen LogP contribution < -0.4 is 21.1 Å². The quantitative estimate of drug-likeness (QED) is 0.0570. The summed E-state index contributed by atoms with van der Waals surface area (Å²) < 4.78 is 58.8. The van der Waals surface area contributed by atoms with E-state index in [0.29, 0.717) is 17.1 Å². The van der Waals surface area contributed by atoms with Crippen molar-refractivity contribution in [3.8, 4) is 0 Å². The van der Waals surface area contributed by atoms with E-state index in [1.807, 2.05) is 20.8 Å². The Morgan fingerprint density at radius 3 is 1.40 bits per heavy atom. The minimum absolute atomic E-state index is 0.126. The molecule has 0 radical (unpaired) electrons. The number of ether oxygens (including phenoxy) is 2. The summed E-state index contributed by atoms with van der Waals surface area (Å²) in [6.45, 7) is 10.6. The van der Waals surface area contributed by atoms with E-state index in [2.05, 4.69) is 15.4 Å². The van der Waals surface area contributed by atoms with Crippen molar-refractivity contribution in [1.29, 1.82) is 0 Å². The van der Waals surface area contributed by atoms with Gasteiger partial charge in [0, 0.05) is 52.0 Å². The van der Waals surface area contributed by atoms with Crippen LogP contribution in [0.1, 0.15) is 41.5 Å². The van der Waals surface area contributed by atoms with Crippen molar-refractivity contribution in [2.45, 2.75) is 62.5 Å². The molecule has 0 saturated heterocycles. The number of halogens is 1. The number of hydrogen-bond donors (Lipinski definition) is 4. The van der Waals surface area contributed by atoms with Crippen LogP contribution in [0.5, 0.6) is 0 Å². The highest BCUT2D eigenvalue weighted by atomic mass is 35.7. The van der Waals surface area contributed by atoms with Crippen molar-refractivity contribution >= 4 is 76.1 Å². The Kier molecular flexibility index (Phi) is 15.5. The van der Waals surface area contributed by atoms with E-state index in [4.69, 9.17) is 25.9 Å². The summed E-state index contributed by atoms with van der Waals surface area (Å²) >= 11 is 0. The summed E-state index contributed by atoms with van der Waals surface area (Å²) in [5.41, 5.74) is 5.80. The Labute approximate surface area is 321 Å². The van der Waals surface area contributed by atoms with Gasteiger partial charge in [0.2, 0.25) is 0 Å². The first kappa shape index (κ1) is 45.2. The van der Waals surface area contributed by atoms with Gasteiger partial charge in [0.05, 0.1) is 25.3 Å². The van der Waals surface area contributed by atoms with E-state index in [9.17, 15) is 46.7 Å². The predicted molar refractivity (Wildman–Crippen MR) is 207 cm³/mol. The van der Waals surface area contributed by atoms with Crippen LogP contribution in [0.3, 0.4) is 0 Å². The molecule has 0 spiro atoms. The van der Waals surface area contributed by atoms with Gasteiger partial charge in [0.25, 0.3) is 30.4 Å². The molecular formula is C34H39ClN6O12S2. The molecule has 5 N–H and O–H groups in total. The number of nitrogens with zero attached hydrogens (tertiary/aromatic N) is 2. The molecule has 0 aromatic heterocycles. The summed E-state index contributed by atoms with van der Waals surface area (Å²) in [5, 5.41) is 26.0. The van der Waals surface area contributed by atoms with E-state index >= 15 is 0 Å². The number of benzene rings is 4. The maximum Gasteiger partial charge on any atom is 0.412 e. The Hall–Kier alpha value is -5.99. The molecule has 4 rings (SSSR count). The van der Waals surface area contributed by atoms with Gasteiger partial charge < -0.3 is 15.2 Å². The zero-order valence-electron chi connectivity index (χ0n) is 30.3. The summed E-state index contributed by atoms with van der Waals surface area (Å²) in [4.78, 5) is 42.5. The van der Waals surface area contributed by atoms with Crippen LogP contribution >= 0.6 is 10.7 Å². The third-order valence-electron chi connectivity index (χ3n) is 5.98. The standard InChI is InChI=1S/C17H19N3O6S.C11H16N2O2.C6H4ClNO4S/c1-17(2,3)26-16(21)18-12-5-4-6-13(11-12)19-27(24,25)15-9-7-14(8-10-15)20(22)23;1-11(2,3)15-10(14)13-9-6-4-5-8(12)7-9;7-13(11,12)6-3-1-5(2-4-6)8(9)10/h4-11,19H,1-3H3,(H,18,21);4-7H,12H2,1-3H3,(H,13,14);1-4H. The monoisotopic (exact) mass is 822 g/mol. The van der Waals surface area contributed by atoms with Gasteiger partial charge in [0.1, 0.15) is 11.2 Å². The zero-order chi connectivity index (χ0) is 41.8. The van der Waals surface area contributed by atoms with Gasteiger partial charge in [-0.2, -0.15) is 0 Å². The van der Waals surface area contributed by atoms with E-state index in [0.717, 1.165) is 48.5 Å². The lowest BCUT2D eigenvalue weighted by Gasteiger charge is -2.19. The second-order valence-electron chi connectivity index (χ2n) is 13.0. The summed E-state index contributed by atoms with van der Waals surface area (Å²) in [6.07, 6.45) is -1.15. The molecule has 0 aliphatic rings. The number of nitrogen functional groups attached to an aromatic ring is 1. The van der Waals surface area contributed by atoms with Crippen molar-refractivity contribution in [3.05, 3.63) is 117 Å². The first-order valence-electron chi connectivity index (χ1n) is 15.7. The predicted octanol–water partition coefficient (Wildman–Crippen LogP) is 7.88. The molecule has 0 aliphatic carbocycles. The number of sulfonamides is 1. The Morgan fingerprint density at radius 1 is 0.636 bits per heavy atom. The van der Waals surface area contributed by atoms with Crippen LogP contribution in [0.4, 0.5) is 43.7 Å². The number of nitrogens with one attached hydrogen (secondary N) is 3. The fourth-order valence-electron chi connectivity index (χ4n) is 3.81. The van der Waals surface area contributed by atoms with Gasteiger partial charge in [-0.3, -0.25) is 35.6 Å². The molecule has 0 bridgehead atoms. The Bertz CT molecular complexity index is 2210. The molecule has 18 nitrogen and oxygen atoms in total. The molecule has 0 fully saturated rings. The average Bonchev–Trinajstić information content (AvgIpc) is 3.03. The molecule has 4 aromatic rings. The Balaban J connectivity index is 0.000000314. The number of hydrogen-bond acceptors (Lipinski definition) is 13. The van der Waals surface area contributed by atoms with Crippen molar-refractivity contribution in [1.82, 2.24) is 0 Å². The minimum Gasteiger partial charge on any atom is -0.444 e. The number of non-ortho nitro benzene ring substituents is 2. The number of anilines is 4. The third-order valence-corrected chi connectivity index (χ3v) is 8.75. The number of carbonyl (C=O) groups is 2. The average molecular weight is 823 g/mol. The van der Waals surface area contributed by atoms with Crippen molar-refractivity contribution in [2.75, 3.05) is 21.1 Å². The molecule has 55 heavy (non-hydrogen) atoms. The zero-order valence-corrected chi connectivity index (χ0v) is 32.7. The van der Waals surface area contributed by atoms with E-state index in [1.54, 1.807) is 57.2 Å². The van der Waals surface area contributed by atoms with E-state index in [-0.39, 0.29) is 26.9 Å². The lowest BCUT2D eigenvalue weighted by molar-refractivity contribution is -0.385. The van der Waals surface area contributed by atoms with Crippen molar-refractivity contribution in [2.24, 2.45) is 0 Å². The van der Waals surface area contributed by atoms with Crippen LogP contribution in [0.15, 0.2) is 107 Å². The largest absolute Gasteiger partial charge is 0.444 e. The van der Waals surface area contributed by atoms with Crippen LogP contribution in [0.25, 0.3) is 0 Å². The highest BCUT2D eigenvalue weighted by molar-refractivity contribution is 8.13. The van der Waals surface area contributed by atoms with Gasteiger partial charge in [0.15, 0.2) is 0 Å². The van der Waals surface area contributed by atoms with Gasteiger partial charge >= 0.3 is 12.2 Å².